The van der Waals surface area contributed by atoms with Crippen LogP contribution >= 0.6 is 0 Å². The quantitative estimate of drug-likeness (QED) is 0.479. The molecule has 2 saturated carbocycles. The number of aldehydes is 1. The van der Waals surface area contributed by atoms with Crippen molar-refractivity contribution < 1.29 is 4.79 Å². The van der Waals surface area contributed by atoms with E-state index in [2.05, 4.69) is 13.5 Å². The van der Waals surface area contributed by atoms with Gasteiger partial charge >= 0.3 is 0 Å². The molecule has 13 heavy (non-hydrogen) atoms. The molecule has 2 rings (SSSR count). The minimum atomic E-state index is 0.295. The van der Waals surface area contributed by atoms with Crippen LogP contribution < -0.4 is 0 Å². The average molecular weight is 178 g/mol. The zero-order valence-electron chi connectivity index (χ0n) is 8.38. The van der Waals surface area contributed by atoms with Gasteiger partial charge in [0.1, 0.15) is 6.29 Å². The van der Waals surface area contributed by atoms with E-state index in [9.17, 15) is 4.79 Å². The van der Waals surface area contributed by atoms with Gasteiger partial charge in [0.25, 0.3) is 0 Å². The lowest BCUT2D eigenvalue weighted by Crippen LogP contribution is -2.26. The maximum absolute atomic E-state index is 10.4. The second-order valence-corrected chi connectivity index (χ2v) is 4.85. The Balaban J connectivity index is 2.13. The molecule has 0 aromatic carbocycles. The van der Waals surface area contributed by atoms with Gasteiger partial charge in [-0.05, 0) is 42.9 Å². The Hall–Kier alpha value is -0.590. The minimum Gasteiger partial charge on any atom is -0.303 e. The minimum absolute atomic E-state index is 0.295. The Morgan fingerprint density at radius 2 is 2.38 bits per heavy atom. The van der Waals surface area contributed by atoms with Gasteiger partial charge in [0, 0.05) is 6.42 Å². The summed E-state index contributed by atoms with van der Waals surface area (Å²) in [6.07, 6.45) is 6.83. The molecule has 0 heterocycles. The third-order valence-corrected chi connectivity index (χ3v) is 4.34. The van der Waals surface area contributed by atoms with Crippen LogP contribution in [0.5, 0.6) is 0 Å². The zero-order valence-corrected chi connectivity index (χ0v) is 8.38. The first-order chi connectivity index (χ1) is 6.18. The molecule has 72 valence electrons. The Labute approximate surface area is 80.2 Å². The first-order valence-corrected chi connectivity index (χ1v) is 5.31. The summed E-state index contributed by atoms with van der Waals surface area (Å²) in [5.74, 6) is 1.60. The predicted octanol–water partition coefficient (Wildman–Crippen LogP) is 2.96. The maximum atomic E-state index is 10.4. The molecule has 0 unspecified atom stereocenters. The Morgan fingerprint density at radius 3 is 2.92 bits per heavy atom. The van der Waals surface area contributed by atoms with Crippen LogP contribution in [0.1, 0.15) is 39.0 Å². The largest absolute Gasteiger partial charge is 0.303 e. The summed E-state index contributed by atoms with van der Waals surface area (Å²) in [4.78, 5) is 10.4. The maximum Gasteiger partial charge on any atom is 0.120 e. The predicted molar refractivity (Wildman–Crippen MR) is 53.4 cm³/mol. The molecule has 1 heteroatoms. The van der Waals surface area contributed by atoms with Crippen LogP contribution in [0.3, 0.4) is 0 Å². The van der Waals surface area contributed by atoms with E-state index >= 15 is 0 Å². The number of carbonyl (C=O) groups is 1. The number of fused-ring (bicyclic) bond motifs is 2. The molecule has 0 spiro atoms. The lowest BCUT2D eigenvalue weighted by Gasteiger charge is -2.35. The van der Waals surface area contributed by atoms with Crippen LogP contribution in [0.4, 0.5) is 0 Å². The Kier molecular flexibility index (Phi) is 2.05. The number of carbonyl (C=O) groups excluding carboxylic acids is 1. The Morgan fingerprint density at radius 1 is 1.62 bits per heavy atom. The summed E-state index contributed by atoms with van der Waals surface area (Å²) in [5.41, 5.74) is 1.73. The molecule has 0 radical (unpaired) electrons. The first-order valence-electron chi connectivity index (χ1n) is 5.31. The number of hydrogen-bond donors (Lipinski definition) is 0. The fourth-order valence-corrected chi connectivity index (χ4v) is 3.33. The smallest absolute Gasteiger partial charge is 0.120 e. The molecular formula is C12H18O. The SMILES string of the molecule is C=C1[C@@H]2CC[C@@H](C2)[C@@]1(C)CCC=O. The van der Waals surface area contributed by atoms with Crippen molar-refractivity contribution in [3.05, 3.63) is 12.2 Å². The molecule has 0 aromatic rings. The van der Waals surface area contributed by atoms with Crippen molar-refractivity contribution in [2.24, 2.45) is 17.3 Å². The third-order valence-electron chi connectivity index (χ3n) is 4.34. The van der Waals surface area contributed by atoms with Crippen LogP contribution in [-0.2, 0) is 4.79 Å². The molecule has 0 aliphatic heterocycles. The van der Waals surface area contributed by atoms with Gasteiger partial charge in [-0.25, -0.2) is 0 Å². The van der Waals surface area contributed by atoms with Gasteiger partial charge in [0.2, 0.25) is 0 Å². The molecule has 2 aliphatic carbocycles. The molecule has 2 bridgehead atoms. The molecule has 0 amide bonds. The van der Waals surface area contributed by atoms with Gasteiger partial charge in [-0.2, -0.15) is 0 Å². The van der Waals surface area contributed by atoms with Crippen LogP contribution in [0.25, 0.3) is 0 Å². The second kappa shape index (κ2) is 2.97. The molecule has 0 N–H and O–H groups in total. The van der Waals surface area contributed by atoms with Crippen molar-refractivity contribution in [3.8, 4) is 0 Å². The highest BCUT2D eigenvalue weighted by molar-refractivity contribution is 5.49. The summed E-state index contributed by atoms with van der Waals surface area (Å²) in [5, 5.41) is 0. The normalized spacial score (nSPS) is 42.7. The third kappa shape index (κ3) is 1.17. The van der Waals surface area contributed by atoms with E-state index in [4.69, 9.17) is 0 Å². The highest BCUT2D eigenvalue weighted by Crippen LogP contribution is 2.60. The highest BCUT2D eigenvalue weighted by atomic mass is 16.1. The lowest BCUT2D eigenvalue weighted by molar-refractivity contribution is -0.108. The zero-order chi connectivity index (χ0) is 9.47. The van der Waals surface area contributed by atoms with Crippen LogP contribution in [0.15, 0.2) is 12.2 Å². The van der Waals surface area contributed by atoms with E-state index in [0.717, 1.165) is 24.5 Å². The fourth-order valence-electron chi connectivity index (χ4n) is 3.33. The standard InChI is InChI=1S/C12H18O/c1-9-10-4-5-11(8-10)12(9,2)6-3-7-13/h7,10-11H,1,3-6,8H2,2H3/t10-,11+,12+/m1/s1. The van der Waals surface area contributed by atoms with Gasteiger partial charge in [0.05, 0.1) is 0 Å². The van der Waals surface area contributed by atoms with Gasteiger partial charge in [0.15, 0.2) is 0 Å². The van der Waals surface area contributed by atoms with Crippen LogP contribution in [0.2, 0.25) is 0 Å². The summed E-state index contributed by atoms with van der Waals surface area (Å²) in [7, 11) is 0. The summed E-state index contributed by atoms with van der Waals surface area (Å²) >= 11 is 0. The summed E-state index contributed by atoms with van der Waals surface area (Å²) in [6.45, 7) is 6.54. The first kappa shape index (κ1) is 8.98. The second-order valence-electron chi connectivity index (χ2n) is 4.85. The average Bonchev–Trinajstić information content (AvgIpc) is 2.68. The van der Waals surface area contributed by atoms with Gasteiger partial charge in [-0.15, -0.1) is 0 Å². The molecule has 3 atom stereocenters. The summed E-state index contributed by atoms with van der Waals surface area (Å²) < 4.78 is 0. The van der Waals surface area contributed by atoms with Crippen molar-refractivity contribution in [2.45, 2.75) is 39.0 Å². The molecule has 0 saturated heterocycles. The van der Waals surface area contributed by atoms with E-state index in [1.165, 1.54) is 24.8 Å². The van der Waals surface area contributed by atoms with Crippen LogP contribution in [0, 0.1) is 17.3 Å². The van der Waals surface area contributed by atoms with Gasteiger partial charge in [-0.3, -0.25) is 0 Å². The monoisotopic (exact) mass is 178 g/mol. The number of rotatable bonds is 3. The van der Waals surface area contributed by atoms with Crippen molar-refractivity contribution in [1.82, 2.24) is 0 Å². The van der Waals surface area contributed by atoms with Crippen LogP contribution in [-0.4, -0.2) is 6.29 Å². The van der Waals surface area contributed by atoms with E-state index in [1.54, 1.807) is 0 Å². The fraction of sp³-hybridized carbons (Fsp3) is 0.750. The summed E-state index contributed by atoms with van der Waals surface area (Å²) in [6, 6.07) is 0. The van der Waals surface area contributed by atoms with E-state index in [0.29, 0.717) is 11.8 Å². The lowest BCUT2D eigenvalue weighted by atomic mass is 9.69. The van der Waals surface area contributed by atoms with E-state index in [-0.39, 0.29) is 0 Å². The van der Waals surface area contributed by atoms with Crippen molar-refractivity contribution in [2.75, 3.05) is 0 Å². The number of hydrogen-bond acceptors (Lipinski definition) is 1. The highest BCUT2D eigenvalue weighted by Gasteiger charge is 2.49. The molecular weight excluding hydrogens is 160 g/mol. The van der Waals surface area contributed by atoms with E-state index < -0.39 is 0 Å². The van der Waals surface area contributed by atoms with E-state index in [1.807, 2.05) is 0 Å². The molecule has 2 aliphatic rings. The Bertz CT molecular complexity index is 244. The van der Waals surface area contributed by atoms with Crippen molar-refractivity contribution in [1.29, 1.82) is 0 Å². The molecule has 0 aromatic heterocycles. The van der Waals surface area contributed by atoms with Gasteiger partial charge < -0.3 is 4.79 Å². The van der Waals surface area contributed by atoms with Gasteiger partial charge in [-0.1, -0.05) is 19.1 Å². The number of allylic oxidation sites excluding steroid dienone is 1. The van der Waals surface area contributed by atoms with Crippen molar-refractivity contribution >= 4 is 6.29 Å². The molecule has 2 fully saturated rings. The van der Waals surface area contributed by atoms with Crippen molar-refractivity contribution in [3.63, 3.8) is 0 Å². The molecule has 1 nitrogen and oxygen atoms in total. The topological polar surface area (TPSA) is 17.1 Å².